The van der Waals surface area contributed by atoms with Crippen molar-refractivity contribution in [2.45, 2.75) is 13.8 Å². The van der Waals surface area contributed by atoms with E-state index in [2.05, 4.69) is 26.3 Å². The third-order valence-electron chi connectivity index (χ3n) is 5.36. The molecule has 0 aliphatic carbocycles. The molecule has 1 N–H and O–H groups in total. The molecule has 3 aromatic rings. The first-order valence-corrected chi connectivity index (χ1v) is 10.4. The molecule has 4 rings (SSSR count). The maximum absolute atomic E-state index is 13.0. The van der Waals surface area contributed by atoms with Gasteiger partial charge in [0.1, 0.15) is 5.75 Å². The lowest BCUT2D eigenvalue weighted by Gasteiger charge is -2.36. The van der Waals surface area contributed by atoms with E-state index in [-0.39, 0.29) is 5.91 Å². The number of aryl methyl sites for hydroxylation is 2. The number of nitrogens with zero attached hydrogens (tertiary/aromatic N) is 4. The lowest BCUT2D eigenvalue weighted by Crippen LogP contribution is -2.48. The van der Waals surface area contributed by atoms with Gasteiger partial charge in [0.15, 0.2) is 0 Å². The number of benzene rings is 2. The van der Waals surface area contributed by atoms with Gasteiger partial charge in [-0.15, -0.1) is 0 Å². The molecule has 0 radical (unpaired) electrons. The first kappa shape index (κ1) is 20.7. The highest BCUT2D eigenvalue weighted by molar-refractivity contribution is 5.94. The molecule has 1 saturated heterocycles. The molecule has 1 aliphatic heterocycles. The maximum Gasteiger partial charge on any atom is 0.253 e. The van der Waals surface area contributed by atoms with E-state index in [1.807, 2.05) is 67.3 Å². The number of methoxy groups -OCH3 is 1. The van der Waals surface area contributed by atoms with Gasteiger partial charge in [-0.3, -0.25) is 4.79 Å². The molecule has 2 aromatic carbocycles. The van der Waals surface area contributed by atoms with Gasteiger partial charge >= 0.3 is 0 Å². The molecule has 0 saturated carbocycles. The van der Waals surface area contributed by atoms with Crippen LogP contribution in [0.25, 0.3) is 0 Å². The smallest absolute Gasteiger partial charge is 0.253 e. The third kappa shape index (κ3) is 4.77. The molecule has 1 amide bonds. The highest BCUT2D eigenvalue weighted by Crippen LogP contribution is 2.28. The summed E-state index contributed by atoms with van der Waals surface area (Å²) in [6, 6.07) is 17.4. The fraction of sp³-hybridized carbons (Fsp3) is 0.292. The van der Waals surface area contributed by atoms with Gasteiger partial charge in [0, 0.05) is 48.8 Å². The quantitative estimate of drug-likeness (QED) is 0.681. The third-order valence-corrected chi connectivity index (χ3v) is 5.36. The molecule has 1 fully saturated rings. The number of carbonyl (C=O) groups is 1. The van der Waals surface area contributed by atoms with Crippen LogP contribution in [-0.4, -0.2) is 54.1 Å². The predicted octanol–water partition coefficient (Wildman–Crippen LogP) is 3.81. The largest absolute Gasteiger partial charge is 0.495 e. The van der Waals surface area contributed by atoms with Gasteiger partial charge in [0.2, 0.25) is 5.95 Å². The zero-order chi connectivity index (χ0) is 21.8. The van der Waals surface area contributed by atoms with E-state index in [0.717, 1.165) is 41.6 Å². The van der Waals surface area contributed by atoms with Crippen LogP contribution in [0.3, 0.4) is 0 Å². The average Bonchev–Trinajstić information content (AvgIpc) is 2.78. The second-order valence-electron chi connectivity index (χ2n) is 7.63. The van der Waals surface area contributed by atoms with Gasteiger partial charge in [-0.25, -0.2) is 9.97 Å². The highest BCUT2D eigenvalue weighted by atomic mass is 16.5. The Kier molecular flexibility index (Phi) is 6.02. The summed E-state index contributed by atoms with van der Waals surface area (Å²) in [6.45, 7) is 6.77. The minimum absolute atomic E-state index is 0.0499. The van der Waals surface area contributed by atoms with E-state index < -0.39 is 0 Å². The first-order valence-electron chi connectivity index (χ1n) is 10.4. The standard InChI is InChI=1S/C24H27N5O2/c1-17-16-18(2)26-24(25-17)27-20-10-8-19(9-11-20)23(30)29-14-12-28(13-15-29)21-6-4-5-7-22(21)31-3/h4-11,16H,12-15H2,1-3H3,(H,25,26,27). The topological polar surface area (TPSA) is 70.6 Å². The molecule has 160 valence electrons. The Morgan fingerprint density at radius 1 is 0.935 bits per heavy atom. The van der Waals surface area contributed by atoms with Crippen molar-refractivity contribution in [3.8, 4) is 5.75 Å². The molecule has 31 heavy (non-hydrogen) atoms. The number of rotatable bonds is 5. The summed E-state index contributed by atoms with van der Waals surface area (Å²) in [4.78, 5) is 25.9. The van der Waals surface area contributed by atoms with E-state index in [1.165, 1.54) is 0 Å². The maximum atomic E-state index is 13.0. The van der Waals surface area contributed by atoms with Crippen LogP contribution in [0, 0.1) is 13.8 Å². The SMILES string of the molecule is COc1ccccc1N1CCN(C(=O)c2ccc(Nc3nc(C)cc(C)n3)cc2)CC1. The van der Waals surface area contributed by atoms with Crippen LogP contribution in [0.1, 0.15) is 21.7 Å². The number of para-hydroxylation sites is 2. The molecule has 2 heterocycles. The van der Waals surface area contributed by atoms with Gasteiger partial charge in [0.25, 0.3) is 5.91 Å². The zero-order valence-corrected chi connectivity index (χ0v) is 18.1. The summed E-state index contributed by atoms with van der Waals surface area (Å²) >= 11 is 0. The Morgan fingerprint density at radius 2 is 1.58 bits per heavy atom. The number of aromatic nitrogens is 2. The van der Waals surface area contributed by atoms with Gasteiger partial charge in [-0.05, 0) is 56.3 Å². The number of amides is 1. The second kappa shape index (κ2) is 9.04. The Labute approximate surface area is 182 Å². The summed E-state index contributed by atoms with van der Waals surface area (Å²) in [5.41, 5.74) is 4.42. The highest BCUT2D eigenvalue weighted by Gasteiger charge is 2.23. The van der Waals surface area contributed by atoms with Crippen molar-refractivity contribution in [1.82, 2.24) is 14.9 Å². The van der Waals surface area contributed by atoms with Crippen molar-refractivity contribution < 1.29 is 9.53 Å². The van der Waals surface area contributed by atoms with E-state index in [1.54, 1.807) is 7.11 Å². The molecular weight excluding hydrogens is 390 g/mol. The van der Waals surface area contributed by atoms with Crippen LogP contribution in [0.5, 0.6) is 5.75 Å². The molecule has 1 aromatic heterocycles. The number of ether oxygens (including phenoxy) is 1. The average molecular weight is 418 g/mol. The van der Waals surface area contributed by atoms with Crippen molar-refractivity contribution in [1.29, 1.82) is 0 Å². The molecule has 7 heteroatoms. The predicted molar refractivity (Wildman–Crippen MR) is 122 cm³/mol. The molecule has 0 spiro atoms. The number of piperazine rings is 1. The fourth-order valence-electron chi connectivity index (χ4n) is 3.83. The zero-order valence-electron chi connectivity index (χ0n) is 18.1. The lowest BCUT2D eigenvalue weighted by atomic mass is 10.1. The van der Waals surface area contributed by atoms with Gasteiger partial charge in [-0.2, -0.15) is 0 Å². The number of hydrogen-bond donors (Lipinski definition) is 1. The van der Waals surface area contributed by atoms with Gasteiger partial charge < -0.3 is 19.9 Å². The van der Waals surface area contributed by atoms with E-state index in [4.69, 9.17) is 4.74 Å². The lowest BCUT2D eigenvalue weighted by molar-refractivity contribution is 0.0746. The molecule has 0 unspecified atom stereocenters. The van der Waals surface area contributed by atoms with Crippen LogP contribution in [0.15, 0.2) is 54.6 Å². The Morgan fingerprint density at radius 3 is 2.23 bits per heavy atom. The molecule has 0 atom stereocenters. The molecule has 1 aliphatic rings. The number of nitrogens with one attached hydrogen (secondary N) is 1. The number of hydrogen-bond acceptors (Lipinski definition) is 6. The second-order valence-corrected chi connectivity index (χ2v) is 7.63. The Balaban J connectivity index is 1.38. The molecule has 7 nitrogen and oxygen atoms in total. The van der Waals surface area contributed by atoms with Crippen molar-refractivity contribution in [3.63, 3.8) is 0 Å². The van der Waals surface area contributed by atoms with E-state index in [9.17, 15) is 4.79 Å². The van der Waals surface area contributed by atoms with Crippen LogP contribution in [0.2, 0.25) is 0 Å². The number of carbonyl (C=O) groups excluding carboxylic acids is 1. The van der Waals surface area contributed by atoms with E-state index >= 15 is 0 Å². The normalized spacial score (nSPS) is 13.8. The fourth-order valence-corrected chi connectivity index (χ4v) is 3.83. The van der Waals surface area contributed by atoms with Gasteiger partial charge in [-0.1, -0.05) is 12.1 Å². The number of anilines is 3. The Bertz CT molecular complexity index is 1040. The van der Waals surface area contributed by atoms with Crippen LogP contribution in [0.4, 0.5) is 17.3 Å². The molecule has 0 bridgehead atoms. The van der Waals surface area contributed by atoms with Gasteiger partial charge in [0.05, 0.1) is 12.8 Å². The summed E-state index contributed by atoms with van der Waals surface area (Å²) in [7, 11) is 1.68. The monoisotopic (exact) mass is 417 g/mol. The summed E-state index contributed by atoms with van der Waals surface area (Å²) in [5, 5.41) is 3.20. The summed E-state index contributed by atoms with van der Waals surface area (Å²) in [6.07, 6.45) is 0. The minimum atomic E-state index is 0.0499. The summed E-state index contributed by atoms with van der Waals surface area (Å²) < 4.78 is 5.47. The van der Waals surface area contributed by atoms with Crippen LogP contribution in [-0.2, 0) is 0 Å². The minimum Gasteiger partial charge on any atom is -0.495 e. The molecular formula is C24H27N5O2. The van der Waals surface area contributed by atoms with Crippen molar-refractivity contribution in [2.24, 2.45) is 0 Å². The van der Waals surface area contributed by atoms with Crippen LogP contribution < -0.4 is 15.0 Å². The van der Waals surface area contributed by atoms with Crippen molar-refractivity contribution >= 4 is 23.2 Å². The van der Waals surface area contributed by atoms with Crippen LogP contribution >= 0.6 is 0 Å². The Hall–Kier alpha value is -3.61. The van der Waals surface area contributed by atoms with E-state index in [0.29, 0.717) is 24.6 Å². The van der Waals surface area contributed by atoms with Crippen molar-refractivity contribution in [3.05, 3.63) is 71.5 Å². The van der Waals surface area contributed by atoms with Crippen molar-refractivity contribution in [2.75, 3.05) is 43.5 Å². The summed E-state index contributed by atoms with van der Waals surface area (Å²) in [5.74, 6) is 1.47. The first-order chi connectivity index (χ1) is 15.0.